The van der Waals surface area contributed by atoms with Crippen LogP contribution in [0.25, 0.3) is 10.1 Å². The summed E-state index contributed by atoms with van der Waals surface area (Å²) in [6.07, 6.45) is 0. The number of fused-ring (bicyclic) bond motifs is 1. The Labute approximate surface area is 97.7 Å². The maximum atomic E-state index is 10.9. The Hall–Kier alpha value is -0.820. The average Bonchev–Trinajstić information content (AvgIpc) is 2.59. The second-order valence-electron chi connectivity index (χ2n) is 2.80. The zero-order valence-electron chi connectivity index (χ0n) is 6.95. The Morgan fingerprint density at radius 1 is 1.57 bits per heavy atom. The van der Waals surface area contributed by atoms with Crippen molar-refractivity contribution in [3.63, 3.8) is 0 Å². The number of halogens is 1. The zero-order valence-corrected chi connectivity index (χ0v) is 9.93. The Morgan fingerprint density at radius 2 is 2.29 bits per heavy atom. The zero-order chi connectivity index (χ0) is 10.3. The van der Waals surface area contributed by atoms with Gasteiger partial charge < -0.3 is 10.8 Å². The van der Waals surface area contributed by atoms with Crippen molar-refractivity contribution in [2.45, 2.75) is 0 Å². The van der Waals surface area contributed by atoms with Gasteiger partial charge in [0.25, 0.3) is 0 Å². The number of nitrogens with two attached hydrogens (primary N) is 1. The normalized spacial score (nSPS) is 10.6. The fourth-order valence-electron chi connectivity index (χ4n) is 1.29. The summed E-state index contributed by atoms with van der Waals surface area (Å²) >= 11 is 3.55. The second kappa shape index (κ2) is 3.39. The van der Waals surface area contributed by atoms with Crippen molar-refractivity contribution in [1.29, 1.82) is 0 Å². The van der Waals surface area contributed by atoms with E-state index in [-0.39, 0.29) is 5.56 Å². The lowest BCUT2D eigenvalue weighted by molar-refractivity contribution is 0.0699. The van der Waals surface area contributed by atoms with Crippen molar-refractivity contribution >= 4 is 55.7 Å². The van der Waals surface area contributed by atoms with Gasteiger partial charge in [0, 0.05) is 19.3 Å². The van der Waals surface area contributed by atoms with Crippen LogP contribution in [-0.4, -0.2) is 11.1 Å². The van der Waals surface area contributed by atoms with Crippen LogP contribution in [0.5, 0.6) is 0 Å². The number of carboxylic acids is 1. The van der Waals surface area contributed by atoms with Gasteiger partial charge in [0.15, 0.2) is 0 Å². The quantitative estimate of drug-likeness (QED) is 0.627. The lowest BCUT2D eigenvalue weighted by Crippen LogP contribution is -2.00. The molecular weight excluding hydrogens is 313 g/mol. The Bertz CT molecular complexity index is 521. The van der Waals surface area contributed by atoms with Gasteiger partial charge >= 0.3 is 5.97 Å². The lowest BCUT2D eigenvalue weighted by Gasteiger charge is -2.03. The highest BCUT2D eigenvalue weighted by atomic mass is 127. The second-order valence-corrected chi connectivity index (χ2v) is 4.79. The van der Waals surface area contributed by atoms with Crippen molar-refractivity contribution in [2.75, 3.05) is 5.73 Å². The maximum absolute atomic E-state index is 10.9. The molecule has 14 heavy (non-hydrogen) atoms. The third-order valence-electron chi connectivity index (χ3n) is 1.93. The molecule has 0 fully saturated rings. The van der Waals surface area contributed by atoms with Gasteiger partial charge in [0.1, 0.15) is 0 Å². The summed E-state index contributed by atoms with van der Waals surface area (Å²) in [6, 6.07) is 3.41. The van der Waals surface area contributed by atoms with Gasteiger partial charge in [-0.05, 0) is 40.1 Å². The van der Waals surface area contributed by atoms with Crippen LogP contribution in [0.4, 0.5) is 5.69 Å². The summed E-state index contributed by atoms with van der Waals surface area (Å²) in [7, 11) is 0. The minimum absolute atomic E-state index is 0.285. The van der Waals surface area contributed by atoms with Crippen molar-refractivity contribution in [3.05, 3.63) is 26.6 Å². The molecule has 2 aromatic rings. The molecule has 1 aromatic carbocycles. The summed E-state index contributed by atoms with van der Waals surface area (Å²) < 4.78 is 1.71. The van der Waals surface area contributed by atoms with Gasteiger partial charge in [0.05, 0.1) is 5.56 Å². The number of thiophene rings is 1. The first kappa shape index (κ1) is 9.72. The van der Waals surface area contributed by atoms with Crippen LogP contribution in [0.1, 0.15) is 10.4 Å². The standard InChI is InChI=1S/C9H6INO2S/c10-7-4-1-2-14-8(4)5(9(12)13)3-6(7)11/h1-3H,11H2,(H,12,13). The molecule has 72 valence electrons. The van der Waals surface area contributed by atoms with E-state index in [0.717, 1.165) is 13.7 Å². The van der Waals surface area contributed by atoms with Gasteiger partial charge in [-0.15, -0.1) is 11.3 Å². The third-order valence-corrected chi connectivity index (χ3v) is 4.08. The van der Waals surface area contributed by atoms with E-state index in [1.54, 1.807) is 0 Å². The fourth-order valence-corrected chi connectivity index (χ4v) is 2.99. The minimum Gasteiger partial charge on any atom is -0.478 e. The van der Waals surface area contributed by atoms with Crippen LogP contribution < -0.4 is 5.73 Å². The molecule has 0 aliphatic carbocycles. The number of hydrogen-bond donors (Lipinski definition) is 2. The predicted molar refractivity (Wildman–Crippen MR) is 65.9 cm³/mol. The molecule has 0 saturated heterocycles. The van der Waals surface area contributed by atoms with E-state index in [9.17, 15) is 4.79 Å². The molecular formula is C9H6INO2S. The Kier molecular flexibility index (Phi) is 2.36. The van der Waals surface area contributed by atoms with E-state index in [4.69, 9.17) is 10.8 Å². The average molecular weight is 319 g/mol. The van der Waals surface area contributed by atoms with Gasteiger partial charge in [-0.2, -0.15) is 0 Å². The van der Waals surface area contributed by atoms with Crippen LogP contribution in [0, 0.1) is 3.57 Å². The number of nitrogen functional groups attached to an aromatic ring is 1. The van der Waals surface area contributed by atoms with Crippen LogP contribution in [0.15, 0.2) is 17.5 Å². The minimum atomic E-state index is -0.930. The number of benzene rings is 1. The first-order valence-corrected chi connectivity index (χ1v) is 5.75. The fraction of sp³-hybridized carbons (Fsp3) is 0. The highest BCUT2D eigenvalue weighted by Crippen LogP contribution is 2.32. The van der Waals surface area contributed by atoms with Crippen LogP contribution in [0.2, 0.25) is 0 Å². The molecule has 5 heteroatoms. The highest BCUT2D eigenvalue weighted by Gasteiger charge is 2.14. The van der Waals surface area contributed by atoms with E-state index in [1.807, 2.05) is 11.4 Å². The Morgan fingerprint density at radius 3 is 2.93 bits per heavy atom. The van der Waals surface area contributed by atoms with Crippen LogP contribution in [0.3, 0.4) is 0 Å². The number of carbonyl (C=O) groups is 1. The smallest absolute Gasteiger partial charge is 0.337 e. The molecule has 1 heterocycles. The molecule has 0 unspecified atom stereocenters. The van der Waals surface area contributed by atoms with Gasteiger partial charge in [-0.1, -0.05) is 0 Å². The van der Waals surface area contributed by atoms with Gasteiger partial charge in [0.2, 0.25) is 0 Å². The molecule has 2 rings (SSSR count). The molecule has 0 bridgehead atoms. The molecule has 0 spiro atoms. The molecule has 3 nitrogen and oxygen atoms in total. The molecule has 0 radical (unpaired) electrons. The molecule has 0 aliphatic rings. The monoisotopic (exact) mass is 319 g/mol. The SMILES string of the molecule is Nc1cc(C(=O)O)c2sccc2c1I. The molecule has 0 atom stereocenters. The maximum Gasteiger partial charge on any atom is 0.337 e. The largest absolute Gasteiger partial charge is 0.478 e. The first-order chi connectivity index (χ1) is 6.61. The summed E-state index contributed by atoms with van der Waals surface area (Å²) in [6.45, 7) is 0. The number of hydrogen-bond acceptors (Lipinski definition) is 3. The summed E-state index contributed by atoms with van der Waals surface area (Å²) in [5.41, 5.74) is 6.52. The predicted octanol–water partition coefficient (Wildman–Crippen LogP) is 2.79. The number of carboxylic acid groups (broad SMARTS) is 1. The van der Waals surface area contributed by atoms with Crippen molar-refractivity contribution in [2.24, 2.45) is 0 Å². The third kappa shape index (κ3) is 1.36. The molecule has 3 N–H and O–H groups in total. The van der Waals surface area contributed by atoms with Crippen molar-refractivity contribution in [3.8, 4) is 0 Å². The first-order valence-electron chi connectivity index (χ1n) is 3.79. The van der Waals surface area contributed by atoms with E-state index in [1.165, 1.54) is 17.4 Å². The number of aromatic carboxylic acids is 1. The van der Waals surface area contributed by atoms with Gasteiger partial charge in [-0.3, -0.25) is 0 Å². The number of anilines is 1. The van der Waals surface area contributed by atoms with Crippen molar-refractivity contribution in [1.82, 2.24) is 0 Å². The Balaban J connectivity index is 2.91. The summed E-state index contributed by atoms with van der Waals surface area (Å²) in [5, 5.41) is 11.8. The molecule has 0 amide bonds. The summed E-state index contributed by atoms with van der Waals surface area (Å²) in [4.78, 5) is 10.9. The van der Waals surface area contributed by atoms with Crippen LogP contribution in [-0.2, 0) is 0 Å². The molecule has 0 saturated carbocycles. The van der Waals surface area contributed by atoms with E-state index >= 15 is 0 Å². The topological polar surface area (TPSA) is 63.3 Å². The van der Waals surface area contributed by atoms with E-state index < -0.39 is 5.97 Å². The lowest BCUT2D eigenvalue weighted by atomic mass is 10.1. The molecule has 1 aromatic heterocycles. The van der Waals surface area contributed by atoms with Crippen LogP contribution >= 0.6 is 33.9 Å². The molecule has 0 aliphatic heterocycles. The van der Waals surface area contributed by atoms with Crippen molar-refractivity contribution < 1.29 is 9.90 Å². The van der Waals surface area contributed by atoms with E-state index in [2.05, 4.69) is 22.6 Å². The summed E-state index contributed by atoms with van der Waals surface area (Å²) in [5.74, 6) is -0.930. The number of rotatable bonds is 1. The highest BCUT2D eigenvalue weighted by molar-refractivity contribution is 14.1. The van der Waals surface area contributed by atoms with E-state index in [0.29, 0.717) is 5.69 Å². The van der Waals surface area contributed by atoms with Gasteiger partial charge in [-0.25, -0.2) is 4.79 Å².